The highest BCUT2D eigenvalue weighted by Gasteiger charge is 2.72. The molecule has 0 amide bonds. The molecule has 0 aromatic carbocycles. The van der Waals surface area contributed by atoms with E-state index in [9.17, 15) is 52.7 Å². The molecule has 0 heterocycles. The van der Waals surface area contributed by atoms with Gasteiger partial charge < -0.3 is 4.74 Å². The first-order chi connectivity index (χ1) is 13.9. The van der Waals surface area contributed by atoms with Gasteiger partial charge in [-0.1, -0.05) is 25.3 Å². The molecule has 0 aliphatic carbocycles. The molecule has 1 atom stereocenters. The zero-order valence-corrected chi connectivity index (χ0v) is 15.8. The minimum Gasteiger partial charge on any atom is -0.369 e. The first-order valence-corrected chi connectivity index (χ1v) is 8.68. The van der Waals surface area contributed by atoms with Gasteiger partial charge in [0.2, 0.25) is 0 Å². The summed E-state index contributed by atoms with van der Waals surface area (Å²) in [5, 5.41) is 0. The van der Waals surface area contributed by atoms with Crippen LogP contribution in [0, 0.1) is 0 Å². The van der Waals surface area contributed by atoms with Crippen LogP contribution in [0.5, 0.6) is 0 Å². The first kappa shape index (κ1) is 29.8. The molecule has 0 saturated carbocycles. The summed E-state index contributed by atoms with van der Waals surface area (Å²) in [6.45, 7) is 0.226. The van der Waals surface area contributed by atoms with Crippen LogP contribution in [-0.2, 0) is 14.2 Å². The normalized spacial score (nSPS) is 15.2. The maximum Gasteiger partial charge on any atom is 0.483 e. The van der Waals surface area contributed by atoms with Crippen molar-refractivity contribution in [3.8, 4) is 0 Å². The molecular weight excluding hydrogens is 468 g/mol. The average molecular weight is 488 g/mol. The van der Waals surface area contributed by atoms with Crippen molar-refractivity contribution in [2.75, 3.05) is 13.2 Å². The molecule has 0 fully saturated rings. The highest BCUT2D eigenvalue weighted by molar-refractivity contribution is 4.75. The van der Waals surface area contributed by atoms with Crippen molar-refractivity contribution in [3.05, 3.63) is 12.7 Å². The highest BCUT2D eigenvalue weighted by atomic mass is 19.4. The summed E-state index contributed by atoms with van der Waals surface area (Å²) in [4.78, 5) is 0. The van der Waals surface area contributed by atoms with Crippen molar-refractivity contribution >= 4 is 0 Å². The standard InChI is InChI=1S/C16H20F12O3/c1-2-3-4-5-6-7-8-11(17)9-29-10-12(18,19)30-15(25,26)16(27,28)31-14(23,24)13(20,21)22/h2,11H,1,3-10H2/t11-/m0/s1. The van der Waals surface area contributed by atoms with Gasteiger partial charge in [0, 0.05) is 0 Å². The lowest BCUT2D eigenvalue weighted by atomic mass is 10.1. The quantitative estimate of drug-likeness (QED) is 0.135. The third-order valence-electron chi connectivity index (χ3n) is 3.45. The smallest absolute Gasteiger partial charge is 0.369 e. The molecule has 0 unspecified atom stereocenters. The zero-order valence-electron chi connectivity index (χ0n) is 15.8. The van der Waals surface area contributed by atoms with Crippen molar-refractivity contribution in [1.82, 2.24) is 0 Å². The third-order valence-corrected chi connectivity index (χ3v) is 3.45. The Balaban J connectivity index is 4.60. The number of hydrogen-bond donors (Lipinski definition) is 0. The topological polar surface area (TPSA) is 27.7 Å². The SMILES string of the molecule is C=CCCCCCC[C@H](F)COCC(F)(F)OC(F)(F)C(F)(F)OC(F)(F)C(F)(F)F. The number of hydrogen-bond acceptors (Lipinski definition) is 3. The van der Waals surface area contributed by atoms with E-state index in [1.165, 1.54) is 0 Å². The lowest BCUT2D eigenvalue weighted by Gasteiger charge is -2.31. The third kappa shape index (κ3) is 10.8. The van der Waals surface area contributed by atoms with E-state index < -0.39 is 50.0 Å². The van der Waals surface area contributed by atoms with Crippen LogP contribution >= 0.6 is 0 Å². The molecule has 0 aliphatic rings. The van der Waals surface area contributed by atoms with Gasteiger partial charge in [-0.2, -0.15) is 48.3 Å². The second kappa shape index (κ2) is 11.6. The highest BCUT2D eigenvalue weighted by Crippen LogP contribution is 2.47. The van der Waals surface area contributed by atoms with Gasteiger partial charge in [-0.15, -0.1) is 6.58 Å². The summed E-state index contributed by atoms with van der Waals surface area (Å²) in [6, 6.07) is 0. The van der Waals surface area contributed by atoms with Crippen molar-refractivity contribution < 1.29 is 66.9 Å². The predicted octanol–water partition coefficient (Wildman–Crippen LogP) is 6.83. The Morgan fingerprint density at radius 2 is 1.23 bits per heavy atom. The van der Waals surface area contributed by atoms with Gasteiger partial charge >= 0.3 is 30.6 Å². The maximum absolute atomic E-state index is 13.5. The molecule has 0 spiro atoms. The predicted molar refractivity (Wildman–Crippen MR) is 81.6 cm³/mol. The molecule has 0 aromatic rings. The maximum atomic E-state index is 13.5. The largest absolute Gasteiger partial charge is 0.483 e. The first-order valence-electron chi connectivity index (χ1n) is 8.68. The molecule has 0 N–H and O–H groups in total. The summed E-state index contributed by atoms with van der Waals surface area (Å²) >= 11 is 0. The van der Waals surface area contributed by atoms with Crippen LogP contribution in [0.15, 0.2) is 12.7 Å². The number of alkyl halides is 12. The molecule has 186 valence electrons. The van der Waals surface area contributed by atoms with Crippen LogP contribution in [0.4, 0.5) is 52.7 Å². The van der Waals surface area contributed by atoms with E-state index in [2.05, 4.69) is 16.1 Å². The Morgan fingerprint density at radius 3 is 1.74 bits per heavy atom. The number of rotatable bonds is 16. The number of ether oxygens (including phenoxy) is 3. The van der Waals surface area contributed by atoms with Crippen LogP contribution in [-0.4, -0.2) is 50.0 Å². The molecule has 0 bridgehead atoms. The molecular formula is C16H20F12O3. The summed E-state index contributed by atoms with van der Waals surface area (Å²) in [6.07, 6.45) is -29.5. The van der Waals surface area contributed by atoms with E-state index in [4.69, 9.17) is 0 Å². The molecule has 0 radical (unpaired) electrons. The fraction of sp³-hybridized carbons (Fsp3) is 0.875. The molecule has 0 aromatic heterocycles. The minimum absolute atomic E-state index is 0.144. The van der Waals surface area contributed by atoms with E-state index in [1.807, 2.05) is 0 Å². The lowest BCUT2D eigenvalue weighted by Crippen LogP contribution is -2.55. The number of halogens is 12. The van der Waals surface area contributed by atoms with Crippen LogP contribution in [0.2, 0.25) is 0 Å². The Labute approximate surface area is 169 Å². The Kier molecular flexibility index (Phi) is 11.1. The van der Waals surface area contributed by atoms with Gasteiger partial charge in [0.25, 0.3) is 0 Å². The summed E-state index contributed by atoms with van der Waals surface area (Å²) in [7, 11) is 0. The second-order valence-corrected chi connectivity index (χ2v) is 6.28. The van der Waals surface area contributed by atoms with Crippen LogP contribution < -0.4 is 0 Å². The van der Waals surface area contributed by atoms with Gasteiger partial charge in [0.15, 0.2) is 0 Å². The van der Waals surface area contributed by atoms with Crippen molar-refractivity contribution in [3.63, 3.8) is 0 Å². The lowest BCUT2D eigenvalue weighted by molar-refractivity contribution is -0.537. The van der Waals surface area contributed by atoms with Crippen molar-refractivity contribution in [1.29, 1.82) is 0 Å². The average Bonchev–Trinajstić information content (AvgIpc) is 2.54. The van der Waals surface area contributed by atoms with Gasteiger partial charge in [-0.3, -0.25) is 0 Å². The Morgan fingerprint density at radius 1 is 0.710 bits per heavy atom. The van der Waals surface area contributed by atoms with Gasteiger partial charge in [0.05, 0.1) is 6.61 Å². The van der Waals surface area contributed by atoms with Crippen molar-refractivity contribution in [2.45, 2.75) is 75.3 Å². The Bertz CT molecular complexity index is 536. The van der Waals surface area contributed by atoms with E-state index in [1.54, 1.807) is 10.8 Å². The van der Waals surface area contributed by atoms with E-state index >= 15 is 0 Å². The van der Waals surface area contributed by atoms with Crippen LogP contribution in [0.3, 0.4) is 0 Å². The van der Waals surface area contributed by atoms with Crippen LogP contribution in [0.25, 0.3) is 0 Å². The molecule has 0 aliphatic heterocycles. The minimum atomic E-state index is -6.85. The van der Waals surface area contributed by atoms with Gasteiger partial charge in [-0.05, 0) is 19.3 Å². The second-order valence-electron chi connectivity index (χ2n) is 6.28. The summed E-state index contributed by atoms with van der Waals surface area (Å²) < 4.78 is 160. The van der Waals surface area contributed by atoms with E-state index in [0.717, 1.165) is 19.3 Å². The Hall–Kier alpha value is -1.22. The zero-order chi connectivity index (χ0) is 24.6. The van der Waals surface area contributed by atoms with Gasteiger partial charge in [0.1, 0.15) is 12.8 Å². The number of allylic oxidation sites excluding steroid dienone is 1. The van der Waals surface area contributed by atoms with Crippen molar-refractivity contribution in [2.24, 2.45) is 0 Å². The summed E-state index contributed by atoms with van der Waals surface area (Å²) in [5.41, 5.74) is 0. The molecule has 15 heteroatoms. The fourth-order valence-electron chi connectivity index (χ4n) is 1.95. The monoisotopic (exact) mass is 488 g/mol. The van der Waals surface area contributed by atoms with E-state index in [-0.39, 0.29) is 6.42 Å². The molecule has 3 nitrogen and oxygen atoms in total. The summed E-state index contributed by atoms with van der Waals surface area (Å²) in [5.74, 6) is 0. The molecule has 0 saturated heterocycles. The molecule has 0 rings (SSSR count). The van der Waals surface area contributed by atoms with Gasteiger partial charge in [-0.25, -0.2) is 13.9 Å². The fourth-order valence-corrected chi connectivity index (χ4v) is 1.95. The number of unbranched alkanes of at least 4 members (excludes halogenated alkanes) is 4. The molecule has 31 heavy (non-hydrogen) atoms. The van der Waals surface area contributed by atoms with Crippen LogP contribution in [0.1, 0.15) is 38.5 Å². The van der Waals surface area contributed by atoms with E-state index in [0.29, 0.717) is 12.8 Å².